The summed E-state index contributed by atoms with van der Waals surface area (Å²) in [4.78, 5) is 4.87. The van der Waals surface area contributed by atoms with Gasteiger partial charge in [0.2, 0.25) is 0 Å². The van der Waals surface area contributed by atoms with Gasteiger partial charge in [-0.25, -0.2) is 0 Å². The predicted molar refractivity (Wildman–Crippen MR) is 45.2 cm³/mol. The highest BCUT2D eigenvalue weighted by molar-refractivity contribution is 6.00. The summed E-state index contributed by atoms with van der Waals surface area (Å²) in [6, 6.07) is 6.97. The summed E-state index contributed by atoms with van der Waals surface area (Å²) in [6.45, 7) is 0.663. The molecule has 0 radical (unpaired) electrons. The van der Waals surface area contributed by atoms with Crippen LogP contribution in [0.15, 0.2) is 29.4 Å². The van der Waals surface area contributed by atoms with E-state index in [2.05, 4.69) is 5.16 Å². The van der Waals surface area contributed by atoms with Crippen LogP contribution in [0.3, 0.4) is 0 Å². The average molecular weight is 163 g/mol. The molecule has 0 unspecified atom stereocenters. The monoisotopic (exact) mass is 163 g/mol. The third-order valence-electron chi connectivity index (χ3n) is 1.81. The molecule has 0 saturated heterocycles. The van der Waals surface area contributed by atoms with E-state index in [0.717, 1.165) is 17.7 Å². The lowest BCUT2D eigenvalue weighted by atomic mass is 10.1. The molecule has 0 bridgehead atoms. The van der Waals surface area contributed by atoms with E-state index in [-0.39, 0.29) is 5.75 Å². The van der Waals surface area contributed by atoms with Crippen LogP contribution in [0.2, 0.25) is 0 Å². The fourth-order valence-corrected chi connectivity index (χ4v) is 1.16. The normalized spacial score (nSPS) is 15.5. The number of phenols is 1. The Kier molecular flexibility index (Phi) is 1.70. The molecule has 1 aliphatic rings. The lowest BCUT2D eigenvalue weighted by Crippen LogP contribution is -1.95. The quantitative estimate of drug-likeness (QED) is 0.681. The maximum absolute atomic E-state index is 9.03. The SMILES string of the molecule is Oc1ccc(C2=NOCC2)cc1. The first-order valence-corrected chi connectivity index (χ1v) is 3.84. The van der Waals surface area contributed by atoms with Gasteiger partial charge in [-0.15, -0.1) is 0 Å². The van der Waals surface area contributed by atoms with Gasteiger partial charge < -0.3 is 9.94 Å². The van der Waals surface area contributed by atoms with Gasteiger partial charge in [0.15, 0.2) is 0 Å². The first-order chi connectivity index (χ1) is 5.86. The Balaban J connectivity index is 2.28. The number of oxime groups is 1. The fourth-order valence-electron chi connectivity index (χ4n) is 1.16. The summed E-state index contributed by atoms with van der Waals surface area (Å²) in [5.41, 5.74) is 1.97. The van der Waals surface area contributed by atoms with E-state index in [1.165, 1.54) is 0 Å². The fraction of sp³-hybridized carbons (Fsp3) is 0.222. The summed E-state index contributed by atoms with van der Waals surface area (Å²) in [7, 11) is 0. The van der Waals surface area contributed by atoms with Gasteiger partial charge in [-0.2, -0.15) is 0 Å². The van der Waals surface area contributed by atoms with E-state index < -0.39 is 0 Å². The van der Waals surface area contributed by atoms with E-state index in [1.807, 2.05) is 12.1 Å². The second-order valence-corrected chi connectivity index (χ2v) is 2.67. The van der Waals surface area contributed by atoms with Gasteiger partial charge in [0, 0.05) is 6.42 Å². The molecule has 0 aliphatic carbocycles. The van der Waals surface area contributed by atoms with Crippen molar-refractivity contribution < 1.29 is 9.94 Å². The van der Waals surface area contributed by atoms with Crippen LogP contribution in [0.5, 0.6) is 5.75 Å². The Morgan fingerprint density at radius 1 is 1.25 bits per heavy atom. The Labute approximate surface area is 70.3 Å². The lowest BCUT2D eigenvalue weighted by molar-refractivity contribution is 0.174. The van der Waals surface area contributed by atoms with Crippen LogP contribution < -0.4 is 0 Å². The van der Waals surface area contributed by atoms with Crippen molar-refractivity contribution in [1.82, 2.24) is 0 Å². The van der Waals surface area contributed by atoms with Crippen molar-refractivity contribution in [3.05, 3.63) is 29.8 Å². The summed E-state index contributed by atoms with van der Waals surface area (Å²) in [5, 5.41) is 12.9. The highest BCUT2D eigenvalue weighted by Crippen LogP contribution is 2.14. The van der Waals surface area contributed by atoms with E-state index in [9.17, 15) is 0 Å². The summed E-state index contributed by atoms with van der Waals surface area (Å²) in [6.07, 6.45) is 0.852. The number of hydrogen-bond donors (Lipinski definition) is 1. The molecule has 1 heterocycles. The zero-order chi connectivity index (χ0) is 8.39. The molecular formula is C9H9NO2. The molecule has 1 N–H and O–H groups in total. The minimum Gasteiger partial charge on any atom is -0.508 e. The molecular weight excluding hydrogens is 154 g/mol. The summed E-state index contributed by atoms with van der Waals surface area (Å²) < 4.78 is 0. The van der Waals surface area contributed by atoms with Gasteiger partial charge in [-0.05, 0) is 29.8 Å². The van der Waals surface area contributed by atoms with E-state index in [4.69, 9.17) is 9.94 Å². The van der Waals surface area contributed by atoms with Gasteiger partial charge in [-0.3, -0.25) is 0 Å². The maximum atomic E-state index is 9.03. The number of hydrogen-bond acceptors (Lipinski definition) is 3. The molecule has 0 atom stereocenters. The highest BCUT2D eigenvalue weighted by atomic mass is 16.6. The smallest absolute Gasteiger partial charge is 0.122 e. The largest absolute Gasteiger partial charge is 0.508 e. The number of phenolic OH excluding ortho intramolecular Hbond substituents is 1. The molecule has 3 heteroatoms. The molecule has 0 saturated carbocycles. The van der Waals surface area contributed by atoms with Crippen LogP contribution in [0, 0.1) is 0 Å². The standard InChI is InChI=1S/C9H9NO2/c11-8-3-1-7(2-4-8)9-5-6-12-10-9/h1-4,11H,5-6H2. The van der Waals surface area contributed by atoms with E-state index >= 15 is 0 Å². The molecule has 2 rings (SSSR count). The van der Waals surface area contributed by atoms with Crippen molar-refractivity contribution >= 4 is 5.71 Å². The van der Waals surface area contributed by atoms with Gasteiger partial charge in [0.25, 0.3) is 0 Å². The zero-order valence-electron chi connectivity index (χ0n) is 6.53. The Morgan fingerprint density at radius 2 is 2.00 bits per heavy atom. The minimum atomic E-state index is 0.276. The molecule has 0 spiro atoms. The average Bonchev–Trinajstić information content (AvgIpc) is 2.58. The Morgan fingerprint density at radius 3 is 2.58 bits per heavy atom. The number of benzene rings is 1. The van der Waals surface area contributed by atoms with Gasteiger partial charge >= 0.3 is 0 Å². The van der Waals surface area contributed by atoms with Gasteiger partial charge in [-0.1, -0.05) is 5.16 Å². The van der Waals surface area contributed by atoms with Crippen molar-refractivity contribution in [2.75, 3.05) is 6.61 Å². The molecule has 1 aliphatic heterocycles. The molecule has 62 valence electrons. The molecule has 1 aromatic rings. The predicted octanol–water partition coefficient (Wildman–Crippen LogP) is 1.52. The van der Waals surface area contributed by atoms with Crippen LogP contribution in [0.1, 0.15) is 12.0 Å². The summed E-state index contributed by atoms with van der Waals surface area (Å²) in [5.74, 6) is 0.276. The highest BCUT2D eigenvalue weighted by Gasteiger charge is 2.09. The number of nitrogens with zero attached hydrogens (tertiary/aromatic N) is 1. The number of aromatic hydroxyl groups is 1. The summed E-state index contributed by atoms with van der Waals surface area (Å²) >= 11 is 0. The third kappa shape index (κ3) is 1.25. The Bertz CT molecular complexity index is 303. The van der Waals surface area contributed by atoms with Crippen molar-refractivity contribution in [3.8, 4) is 5.75 Å². The van der Waals surface area contributed by atoms with Crippen molar-refractivity contribution in [1.29, 1.82) is 0 Å². The molecule has 0 fully saturated rings. The van der Waals surface area contributed by atoms with Gasteiger partial charge in [0.05, 0.1) is 5.71 Å². The lowest BCUT2D eigenvalue weighted by Gasteiger charge is -1.96. The van der Waals surface area contributed by atoms with Crippen LogP contribution in [-0.2, 0) is 4.84 Å². The number of rotatable bonds is 1. The van der Waals surface area contributed by atoms with Crippen molar-refractivity contribution in [2.24, 2.45) is 5.16 Å². The minimum absolute atomic E-state index is 0.276. The molecule has 0 amide bonds. The van der Waals surface area contributed by atoms with E-state index in [0.29, 0.717) is 6.61 Å². The van der Waals surface area contributed by atoms with Crippen molar-refractivity contribution in [3.63, 3.8) is 0 Å². The zero-order valence-corrected chi connectivity index (χ0v) is 6.53. The molecule has 12 heavy (non-hydrogen) atoms. The van der Waals surface area contributed by atoms with Crippen LogP contribution in [-0.4, -0.2) is 17.4 Å². The van der Waals surface area contributed by atoms with Gasteiger partial charge in [0.1, 0.15) is 12.4 Å². The van der Waals surface area contributed by atoms with Crippen LogP contribution in [0.25, 0.3) is 0 Å². The van der Waals surface area contributed by atoms with Crippen LogP contribution >= 0.6 is 0 Å². The first-order valence-electron chi connectivity index (χ1n) is 3.84. The molecule has 1 aromatic carbocycles. The molecule has 0 aromatic heterocycles. The second-order valence-electron chi connectivity index (χ2n) is 2.67. The van der Waals surface area contributed by atoms with Crippen LogP contribution in [0.4, 0.5) is 0 Å². The van der Waals surface area contributed by atoms with E-state index in [1.54, 1.807) is 12.1 Å². The topological polar surface area (TPSA) is 41.8 Å². The Hall–Kier alpha value is -1.51. The van der Waals surface area contributed by atoms with Crippen molar-refractivity contribution in [2.45, 2.75) is 6.42 Å². The molecule has 3 nitrogen and oxygen atoms in total. The second kappa shape index (κ2) is 2.85. The third-order valence-corrected chi connectivity index (χ3v) is 1.81. The maximum Gasteiger partial charge on any atom is 0.122 e. The first kappa shape index (κ1) is 7.16.